The number of fused-ring (bicyclic) bond motifs is 1. The summed E-state index contributed by atoms with van der Waals surface area (Å²) in [5.74, 6) is -0.890. The van der Waals surface area contributed by atoms with Crippen molar-refractivity contribution < 1.29 is 9.90 Å². The van der Waals surface area contributed by atoms with E-state index in [0.717, 1.165) is 11.3 Å². The molecule has 17 heavy (non-hydrogen) atoms. The van der Waals surface area contributed by atoms with Gasteiger partial charge < -0.3 is 10.4 Å². The highest BCUT2D eigenvalue weighted by Crippen LogP contribution is 2.31. The monoisotopic (exact) mass is 231 g/mol. The molecule has 0 fully saturated rings. The van der Waals surface area contributed by atoms with Crippen molar-refractivity contribution in [3.8, 4) is 0 Å². The van der Waals surface area contributed by atoms with E-state index in [1.807, 2.05) is 12.1 Å². The first-order valence-corrected chi connectivity index (χ1v) is 5.70. The van der Waals surface area contributed by atoms with Crippen LogP contribution in [0.4, 0.5) is 5.69 Å². The van der Waals surface area contributed by atoms with Crippen LogP contribution in [0.25, 0.3) is 6.08 Å². The fourth-order valence-corrected chi connectivity index (χ4v) is 1.89. The highest BCUT2D eigenvalue weighted by molar-refractivity contribution is 5.90. The summed E-state index contributed by atoms with van der Waals surface area (Å²) in [5, 5.41) is 12.3. The molecule has 1 heterocycles. The molecule has 90 valence electrons. The molecule has 1 aromatic rings. The molecule has 0 radical (unpaired) electrons. The predicted octanol–water partition coefficient (Wildman–Crippen LogP) is 3.24. The predicted molar refractivity (Wildman–Crippen MR) is 69.3 cm³/mol. The van der Waals surface area contributed by atoms with Gasteiger partial charge in [-0.15, -0.1) is 0 Å². The van der Waals surface area contributed by atoms with Crippen molar-refractivity contribution in [3.63, 3.8) is 0 Å². The van der Waals surface area contributed by atoms with Crippen LogP contribution in [-0.2, 0) is 0 Å². The summed E-state index contributed by atoms with van der Waals surface area (Å²) in [4.78, 5) is 10.9. The number of hydrogen-bond acceptors (Lipinski definition) is 2. The second-order valence-electron chi connectivity index (χ2n) is 5.45. The van der Waals surface area contributed by atoms with Gasteiger partial charge >= 0.3 is 5.97 Å². The van der Waals surface area contributed by atoms with Gasteiger partial charge in [0.2, 0.25) is 0 Å². The standard InChI is InChI=1S/C14H17NO2/c1-14(2,3)12-7-5-9-8-10(13(16)17)4-6-11(9)15-12/h4-8,12,15H,1-3H3,(H,16,17). The number of carbonyl (C=O) groups is 1. The maximum Gasteiger partial charge on any atom is 0.335 e. The van der Waals surface area contributed by atoms with Crippen LogP contribution < -0.4 is 5.32 Å². The van der Waals surface area contributed by atoms with Crippen LogP contribution in [0.5, 0.6) is 0 Å². The maximum absolute atomic E-state index is 10.9. The van der Waals surface area contributed by atoms with Crippen molar-refractivity contribution in [3.05, 3.63) is 35.4 Å². The van der Waals surface area contributed by atoms with Crippen LogP contribution in [0.15, 0.2) is 24.3 Å². The normalized spacial score (nSPS) is 18.4. The Morgan fingerprint density at radius 1 is 1.35 bits per heavy atom. The Bertz CT molecular complexity index is 483. The number of carboxylic acids is 1. The molecule has 1 aliphatic rings. The van der Waals surface area contributed by atoms with Gasteiger partial charge in [0, 0.05) is 11.7 Å². The zero-order chi connectivity index (χ0) is 12.6. The highest BCUT2D eigenvalue weighted by Gasteiger charge is 2.25. The molecule has 0 saturated heterocycles. The molecule has 0 bridgehead atoms. The van der Waals surface area contributed by atoms with E-state index in [9.17, 15) is 4.79 Å². The molecule has 1 aromatic carbocycles. The maximum atomic E-state index is 10.9. The summed E-state index contributed by atoms with van der Waals surface area (Å²) >= 11 is 0. The molecule has 3 heteroatoms. The van der Waals surface area contributed by atoms with Crippen LogP contribution in [0.3, 0.4) is 0 Å². The molecule has 0 amide bonds. The minimum Gasteiger partial charge on any atom is -0.478 e. The SMILES string of the molecule is CC(C)(C)C1C=Cc2cc(C(=O)O)ccc2N1. The number of anilines is 1. The molecular formula is C14H17NO2. The number of benzene rings is 1. The van der Waals surface area contributed by atoms with Gasteiger partial charge in [0.15, 0.2) is 0 Å². The number of rotatable bonds is 1. The van der Waals surface area contributed by atoms with Crippen molar-refractivity contribution in [2.24, 2.45) is 5.41 Å². The first-order valence-electron chi connectivity index (χ1n) is 5.70. The van der Waals surface area contributed by atoms with Crippen molar-refractivity contribution >= 4 is 17.7 Å². The molecule has 1 aliphatic heterocycles. The molecule has 0 aliphatic carbocycles. The third kappa shape index (κ3) is 2.33. The number of hydrogen-bond donors (Lipinski definition) is 2. The molecule has 0 aromatic heterocycles. The number of carboxylic acid groups (broad SMARTS) is 1. The Morgan fingerprint density at radius 3 is 2.65 bits per heavy atom. The van der Waals surface area contributed by atoms with Gasteiger partial charge in [0.05, 0.1) is 5.56 Å². The average Bonchev–Trinajstić information content (AvgIpc) is 2.26. The lowest BCUT2D eigenvalue weighted by atomic mass is 9.84. The third-order valence-electron chi connectivity index (χ3n) is 3.01. The van der Waals surface area contributed by atoms with Crippen molar-refractivity contribution in [2.75, 3.05) is 5.32 Å². The zero-order valence-corrected chi connectivity index (χ0v) is 10.3. The third-order valence-corrected chi connectivity index (χ3v) is 3.01. The summed E-state index contributed by atoms with van der Waals surface area (Å²) in [6.45, 7) is 6.52. The first-order chi connectivity index (χ1) is 7.88. The van der Waals surface area contributed by atoms with Crippen LogP contribution in [0.1, 0.15) is 36.7 Å². The fraction of sp³-hybridized carbons (Fsp3) is 0.357. The van der Waals surface area contributed by atoms with E-state index in [0.29, 0.717) is 5.56 Å². The summed E-state index contributed by atoms with van der Waals surface area (Å²) in [7, 11) is 0. The quantitative estimate of drug-likeness (QED) is 0.780. The Hall–Kier alpha value is -1.77. The van der Waals surface area contributed by atoms with E-state index in [2.05, 4.69) is 32.2 Å². The number of nitrogens with one attached hydrogen (secondary N) is 1. The molecule has 3 nitrogen and oxygen atoms in total. The van der Waals surface area contributed by atoms with Crippen LogP contribution in [0, 0.1) is 5.41 Å². The molecule has 2 rings (SSSR count). The Labute approximate surface area is 101 Å². The molecule has 0 saturated carbocycles. The van der Waals surface area contributed by atoms with Gasteiger partial charge in [0.25, 0.3) is 0 Å². The van der Waals surface area contributed by atoms with E-state index < -0.39 is 5.97 Å². The average molecular weight is 231 g/mol. The van der Waals surface area contributed by atoms with E-state index in [-0.39, 0.29) is 11.5 Å². The van der Waals surface area contributed by atoms with E-state index >= 15 is 0 Å². The van der Waals surface area contributed by atoms with Crippen LogP contribution >= 0.6 is 0 Å². The Balaban J connectivity index is 2.33. The lowest BCUT2D eigenvalue weighted by molar-refractivity contribution is 0.0697. The minimum absolute atomic E-state index is 0.139. The van der Waals surface area contributed by atoms with Crippen LogP contribution in [-0.4, -0.2) is 17.1 Å². The lowest BCUT2D eigenvalue weighted by Crippen LogP contribution is -2.33. The summed E-state index contributed by atoms with van der Waals surface area (Å²) in [5.41, 5.74) is 2.40. The number of aromatic carboxylic acids is 1. The summed E-state index contributed by atoms with van der Waals surface area (Å²) in [6, 6.07) is 5.43. The van der Waals surface area contributed by atoms with Crippen molar-refractivity contribution in [2.45, 2.75) is 26.8 Å². The van der Waals surface area contributed by atoms with Crippen molar-refractivity contribution in [1.82, 2.24) is 0 Å². The summed E-state index contributed by atoms with van der Waals surface area (Å²) in [6.07, 6.45) is 4.09. The topological polar surface area (TPSA) is 49.3 Å². The molecule has 0 spiro atoms. The first kappa shape index (κ1) is 11.7. The largest absolute Gasteiger partial charge is 0.478 e. The van der Waals surface area contributed by atoms with Crippen molar-refractivity contribution in [1.29, 1.82) is 0 Å². The van der Waals surface area contributed by atoms with Gasteiger partial charge in [0.1, 0.15) is 0 Å². The van der Waals surface area contributed by atoms with Gasteiger partial charge in [-0.1, -0.05) is 32.9 Å². The second kappa shape index (κ2) is 3.91. The highest BCUT2D eigenvalue weighted by atomic mass is 16.4. The Kier molecular flexibility index (Phi) is 2.69. The zero-order valence-electron chi connectivity index (χ0n) is 10.3. The van der Waals surface area contributed by atoms with E-state index in [1.54, 1.807) is 12.1 Å². The molecule has 1 atom stereocenters. The van der Waals surface area contributed by atoms with E-state index in [1.165, 1.54) is 0 Å². The Morgan fingerprint density at radius 2 is 2.06 bits per heavy atom. The van der Waals surface area contributed by atoms with E-state index in [4.69, 9.17) is 5.11 Å². The molecule has 2 N–H and O–H groups in total. The van der Waals surface area contributed by atoms with Gasteiger partial charge in [-0.2, -0.15) is 0 Å². The second-order valence-corrected chi connectivity index (χ2v) is 5.45. The van der Waals surface area contributed by atoms with Gasteiger partial charge in [-0.25, -0.2) is 4.79 Å². The summed E-state index contributed by atoms with van der Waals surface area (Å²) < 4.78 is 0. The lowest BCUT2D eigenvalue weighted by Gasteiger charge is -2.33. The van der Waals surface area contributed by atoms with Gasteiger partial charge in [-0.3, -0.25) is 0 Å². The smallest absolute Gasteiger partial charge is 0.335 e. The van der Waals surface area contributed by atoms with Gasteiger partial charge in [-0.05, 0) is 29.2 Å². The molecule has 1 unspecified atom stereocenters. The minimum atomic E-state index is -0.890. The van der Waals surface area contributed by atoms with Crippen LogP contribution in [0.2, 0.25) is 0 Å². The fourth-order valence-electron chi connectivity index (χ4n) is 1.89. The molecular weight excluding hydrogens is 214 g/mol.